The van der Waals surface area contributed by atoms with Crippen molar-refractivity contribution in [3.05, 3.63) is 71.3 Å². The molecular formula is C27H26O9. The Morgan fingerprint density at radius 2 is 1.11 bits per heavy atom. The van der Waals surface area contributed by atoms with Gasteiger partial charge in [0.1, 0.15) is 0 Å². The van der Waals surface area contributed by atoms with Gasteiger partial charge in [0.15, 0.2) is 46.7 Å². The molecule has 3 aliphatic rings. The van der Waals surface area contributed by atoms with Crippen LogP contribution in [-0.4, -0.2) is 51.5 Å². The first-order valence-corrected chi connectivity index (χ1v) is 11.8. The lowest BCUT2D eigenvalue weighted by Crippen LogP contribution is -2.36. The van der Waals surface area contributed by atoms with Crippen molar-refractivity contribution in [2.45, 2.75) is 24.4 Å². The predicted molar refractivity (Wildman–Crippen MR) is 125 cm³/mol. The van der Waals surface area contributed by atoms with Gasteiger partial charge >= 0.3 is 0 Å². The number of phenolic OH excluding ortho intramolecular Hbond substituents is 4. The van der Waals surface area contributed by atoms with Crippen LogP contribution >= 0.6 is 0 Å². The zero-order valence-electron chi connectivity index (χ0n) is 19.2. The number of aliphatic hydroxyl groups excluding tert-OH is 1. The number of ether oxygens (including phenoxy) is 4. The molecule has 0 saturated carbocycles. The Kier molecular flexibility index (Phi) is 5.55. The maximum Gasteiger partial charge on any atom is 0.163 e. The van der Waals surface area contributed by atoms with Gasteiger partial charge in [0.2, 0.25) is 0 Å². The summed E-state index contributed by atoms with van der Waals surface area (Å²) in [6, 6.07) is 14.7. The molecule has 3 heterocycles. The molecule has 0 aliphatic carbocycles. The Morgan fingerprint density at radius 1 is 0.583 bits per heavy atom. The first-order chi connectivity index (χ1) is 17.4. The van der Waals surface area contributed by atoms with Crippen molar-refractivity contribution in [2.75, 3.05) is 19.8 Å². The minimum absolute atomic E-state index is 0.0821. The molecular weight excluding hydrogens is 468 g/mol. The van der Waals surface area contributed by atoms with Crippen molar-refractivity contribution in [1.82, 2.24) is 0 Å². The quantitative estimate of drug-likeness (QED) is 0.345. The summed E-state index contributed by atoms with van der Waals surface area (Å²) < 4.78 is 24.5. The summed E-state index contributed by atoms with van der Waals surface area (Å²) in [5.74, 6) is 0.269. The number of hydrogen-bond acceptors (Lipinski definition) is 9. The van der Waals surface area contributed by atoms with Crippen LogP contribution in [0.4, 0.5) is 0 Å². The van der Waals surface area contributed by atoms with Crippen LogP contribution in [0.5, 0.6) is 34.5 Å². The van der Waals surface area contributed by atoms with Gasteiger partial charge in [-0.15, -0.1) is 0 Å². The van der Waals surface area contributed by atoms with E-state index in [1.807, 2.05) is 12.1 Å². The second kappa shape index (κ2) is 8.77. The zero-order valence-corrected chi connectivity index (χ0v) is 19.2. The Bertz CT molecular complexity index is 1290. The molecule has 0 unspecified atom stereocenters. The lowest BCUT2D eigenvalue weighted by molar-refractivity contribution is -0.0130. The fraction of sp³-hybridized carbons (Fsp3) is 0.333. The van der Waals surface area contributed by atoms with E-state index in [1.165, 1.54) is 24.3 Å². The molecule has 0 amide bonds. The van der Waals surface area contributed by atoms with Crippen LogP contribution in [0.1, 0.15) is 35.0 Å². The SMILES string of the molecule is OC[C@@H]1Oc2ccc([C@H]3OC[C@H]4[C@@H]3CO[C@@H]4c3ccc(O)c(O)c3)cc2O[C@H]1c1ccc(O)c(O)c1. The molecule has 3 aromatic rings. The summed E-state index contributed by atoms with van der Waals surface area (Å²) in [7, 11) is 0. The maximum absolute atomic E-state index is 9.93. The van der Waals surface area contributed by atoms with Gasteiger partial charge in [-0.25, -0.2) is 0 Å². The summed E-state index contributed by atoms with van der Waals surface area (Å²) >= 11 is 0. The van der Waals surface area contributed by atoms with E-state index in [0.29, 0.717) is 30.3 Å². The van der Waals surface area contributed by atoms with E-state index in [0.717, 1.165) is 11.1 Å². The maximum atomic E-state index is 9.93. The lowest BCUT2D eigenvalue weighted by atomic mass is 9.85. The van der Waals surface area contributed by atoms with Crippen molar-refractivity contribution in [2.24, 2.45) is 11.8 Å². The van der Waals surface area contributed by atoms with Gasteiger partial charge in [-0.1, -0.05) is 18.2 Å². The number of hydrogen-bond donors (Lipinski definition) is 5. The van der Waals surface area contributed by atoms with Crippen molar-refractivity contribution in [3.8, 4) is 34.5 Å². The van der Waals surface area contributed by atoms with E-state index in [2.05, 4.69) is 0 Å². The largest absolute Gasteiger partial charge is 0.504 e. The summed E-state index contributed by atoms with van der Waals surface area (Å²) in [4.78, 5) is 0. The molecule has 0 bridgehead atoms. The van der Waals surface area contributed by atoms with Crippen LogP contribution in [0, 0.1) is 11.8 Å². The summed E-state index contributed by atoms with van der Waals surface area (Å²) in [5, 5.41) is 49.0. The average Bonchev–Trinajstić information content (AvgIpc) is 3.49. The van der Waals surface area contributed by atoms with Gasteiger partial charge in [0.25, 0.3) is 0 Å². The molecule has 3 aliphatic heterocycles. The number of aromatic hydroxyl groups is 4. The van der Waals surface area contributed by atoms with Gasteiger partial charge in [0.05, 0.1) is 32.0 Å². The molecule has 3 aromatic carbocycles. The number of phenols is 4. The van der Waals surface area contributed by atoms with E-state index in [4.69, 9.17) is 18.9 Å². The molecule has 0 spiro atoms. The van der Waals surface area contributed by atoms with Crippen molar-refractivity contribution < 1.29 is 44.5 Å². The monoisotopic (exact) mass is 494 g/mol. The third-order valence-corrected chi connectivity index (χ3v) is 7.27. The summed E-state index contributed by atoms with van der Waals surface area (Å²) in [6.45, 7) is 0.671. The molecule has 9 nitrogen and oxygen atoms in total. The predicted octanol–water partition coefficient (Wildman–Crippen LogP) is 3.46. The van der Waals surface area contributed by atoms with E-state index in [1.54, 1.807) is 18.2 Å². The Balaban J connectivity index is 1.25. The molecule has 0 aromatic heterocycles. The third-order valence-electron chi connectivity index (χ3n) is 7.27. The average molecular weight is 494 g/mol. The Labute approximate surface area is 206 Å². The highest BCUT2D eigenvalue weighted by atomic mass is 16.6. The van der Waals surface area contributed by atoms with Crippen LogP contribution in [-0.2, 0) is 9.47 Å². The highest BCUT2D eigenvalue weighted by Crippen LogP contribution is 2.52. The van der Waals surface area contributed by atoms with Crippen LogP contribution in [0.2, 0.25) is 0 Å². The minimum Gasteiger partial charge on any atom is -0.504 e. The van der Waals surface area contributed by atoms with Crippen LogP contribution in [0.15, 0.2) is 54.6 Å². The second-order valence-corrected chi connectivity index (χ2v) is 9.42. The fourth-order valence-electron chi connectivity index (χ4n) is 5.41. The normalized spacial score (nSPS) is 28.7. The number of aliphatic hydroxyl groups is 1. The molecule has 36 heavy (non-hydrogen) atoms. The van der Waals surface area contributed by atoms with E-state index < -0.39 is 12.2 Å². The molecule has 5 N–H and O–H groups in total. The molecule has 2 saturated heterocycles. The fourth-order valence-corrected chi connectivity index (χ4v) is 5.41. The lowest BCUT2D eigenvalue weighted by Gasteiger charge is -2.34. The van der Waals surface area contributed by atoms with Gasteiger partial charge in [-0.3, -0.25) is 0 Å². The highest BCUT2D eigenvalue weighted by molar-refractivity contribution is 5.48. The first-order valence-electron chi connectivity index (χ1n) is 11.8. The van der Waals surface area contributed by atoms with Crippen molar-refractivity contribution in [3.63, 3.8) is 0 Å². The van der Waals surface area contributed by atoms with Gasteiger partial charge in [0, 0.05) is 17.4 Å². The van der Waals surface area contributed by atoms with Gasteiger partial charge in [-0.05, 0) is 47.5 Å². The Morgan fingerprint density at radius 3 is 1.67 bits per heavy atom. The number of benzene rings is 3. The topological polar surface area (TPSA) is 138 Å². The highest BCUT2D eigenvalue weighted by Gasteiger charge is 2.48. The summed E-state index contributed by atoms with van der Waals surface area (Å²) in [6.07, 6.45) is -1.86. The van der Waals surface area contributed by atoms with E-state index in [9.17, 15) is 25.5 Å². The Hall–Kier alpha value is -3.66. The molecule has 188 valence electrons. The summed E-state index contributed by atoms with van der Waals surface area (Å²) in [5.41, 5.74) is 2.25. The molecule has 0 radical (unpaired) electrons. The van der Waals surface area contributed by atoms with Crippen molar-refractivity contribution >= 4 is 0 Å². The second-order valence-electron chi connectivity index (χ2n) is 9.42. The third kappa shape index (κ3) is 3.76. The number of rotatable bonds is 4. The van der Waals surface area contributed by atoms with Gasteiger partial charge < -0.3 is 44.5 Å². The first kappa shape index (κ1) is 22.8. The molecule has 2 fully saturated rings. The molecule has 6 rings (SSSR count). The van der Waals surface area contributed by atoms with Crippen LogP contribution in [0.25, 0.3) is 0 Å². The van der Waals surface area contributed by atoms with Crippen molar-refractivity contribution in [1.29, 1.82) is 0 Å². The molecule has 9 heteroatoms. The van der Waals surface area contributed by atoms with Crippen LogP contribution < -0.4 is 9.47 Å². The van der Waals surface area contributed by atoms with E-state index in [-0.39, 0.29) is 53.6 Å². The number of fused-ring (bicyclic) bond motifs is 2. The minimum atomic E-state index is -0.692. The van der Waals surface area contributed by atoms with Gasteiger partial charge in [-0.2, -0.15) is 0 Å². The van der Waals surface area contributed by atoms with Crippen LogP contribution in [0.3, 0.4) is 0 Å². The standard InChI is InChI=1S/C27H26O9/c28-10-24-27(14-2-5-19(30)21(32)8-14)36-23-9-15(3-6-22(23)35-24)26-17-12-33-25(16(17)11-34-26)13-1-4-18(29)20(31)7-13/h1-9,16-17,24-32H,10-12H2/t16-,17-,24-,25+,26+,27-/m0/s1. The van der Waals surface area contributed by atoms with E-state index >= 15 is 0 Å². The smallest absolute Gasteiger partial charge is 0.163 e. The molecule has 6 atom stereocenters. The zero-order chi connectivity index (χ0) is 25.0.